The molecule has 0 radical (unpaired) electrons. The van der Waals surface area contributed by atoms with Crippen molar-refractivity contribution in [1.29, 1.82) is 0 Å². The summed E-state index contributed by atoms with van der Waals surface area (Å²) in [5.74, 6) is 2.63. The molecule has 5 nitrogen and oxygen atoms in total. The molecule has 1 saturated heterocycles. The van der Waals surface area contributed by atoms with E-state index in [1.807, 2.05) is 36.2 Å². The Kier molecular flexibility index (Phi) is 4.57. The number of rotatable bonds is 4. The first-order valence-electron chi connectivity index (χ1n) is 7.77. The lowest BCUT2D eigenvalue weighted by Crippen LogP contribution is -2.32. The summed E-state index contributed by atoms with van der Waals surface area (Å²) in [4.78, 5) is 14.5. The number of benzene rings is 1. The lowest BCUT2D eigenvalue weighted by molar-refractivity contribution is 0.0955. The van der Waals surface area contributed by atoms with Gasteiger partial charge < -0.3 is 10.2 Å². The Bertz CT molecular complexity index is 584. The van der Waals surface area contributed by atoms with Crippen molar-refractivity contribution in [1.82, 2.24) is 5.43 Å². The second-order valence-corrected chi connectivity index (χ2v) is 6.83. The Morgan fingerprint density at radius 2 is 2.45 bits per heavy atom. The summed E-state index contributed by atoms with van der Waals surface area (Å²) >= 11 is 1.94. The molecule has 118 valence electrons. The summed E-state index contributed by atoms with van der Waals surface area (Å²) in [6, 6.07) is 5.76. The van der Waals surface area contributed by atoms with Crippen LogP contribution in [0.2, 0.25) is 0 Å². The number of hydrazone groups is 1. The third kappa shape index (κ3) is 3.06. The Labute approximate surface area is 135 Å². The number of thioether (sulfide) groups is 1. The maximum Gasteiger partial charge on any atom is 0.271 e. The maximum atomic E-state index is 12.2. The van der Waals surface area contributed by atoms with Crippen LogP contribution in [0.15, 0.2) is 23.3 Å². The van der Waals surface area contributed by atoms with E-state index in [9.17, 15) is 4.79 Å². The van der Waals surface area contributed by atoms with Crippen LogP contribution >= 0.6 is 11.8 Å². The zero-order chi connectivity index (χ0) is 15.5. The molecule has 0 aliphatic carbocycles. The zero-order valence-electron chi connectivity index (χ0n) is 13.0. The highest BCUT2D eigenvalue weighted by molar-refractivity contribution is 7.99. The average molecular weight is 318 g/mol. The number of hydrogen-bond acceptors (Lipinski definition) is 5. The van der Waals surface area contributed by atoms with Crippen LogP contribution in [-0.2, 0) is 0 Å². The van der Waals surface area contributed by atoms with Gasteiger partial charge in [0.25, 0.3) is 5.91 Å². The molecule has 2 unspecified atom stereocenters. The third-order valence-electron chi connectivity index (χ3n) is 4.16. The quantitative estimate of drug-likeness (QED) is 0.662. The predicted octanol–water partition coefficient (Wildman–Crippen LogP) is 2.75. The van der Waals surface area contributed by atoms with Crippen molar-refractivity contribution < 1.29 is 4.79 Å². The number of carbonyl (C=O) groups excluding carboxylic acids is 1. The van der Waals surface area contributed by atoms with Crippen molar-refractivity contribution in [2.75, 3.05) is 28.3 Å². The largest absolute Gasteiger partial charge is 0.364 e. The second kappa shape index (κ2) is 6.60. The first-order chi connectivity index (χ1) is 10.7. The van der Waals surface area contributed by atoms with Crippen LogP contribution in [0, 0.1) is 5.92 Å². The standard InChI is InChI=1S/C16H22N4OS/c1-3-20-11(2)18-14-8-13(4-5-15(14)20)16(21)19-17-9-12-6-7-22-10-12/h4-5,8-9,11-12,18H,3,6-7,10H2,1-2H3,(H,19,21)/b17-9+. The third-order valence-corrected chi connectivity index (χ3v) is 5.35. The SMILES string of the molecule is CCN1c2ccc(C(=O)N/N=C/C3CCSC3)cc2NC1C. The maximum absolute atomic E-state index is 12.2. The van der Waals surface area contributed by atoms with Gasteiger partial charge in [-0.25, -0.2) is 5.43 Å². The van der Waals surface area contributed by atoms with Crippen LogP contribution in [0.1, 0.15) is 30.6 Å². The fraction of sp³-hybridized carbons (Fsp3) is 0.500. The number of anilines is 2. The summed E-state index contributed by atoms with van der Waals surface area (Å²) in [6.45, 7) is 5.19. The van der Waals surface area contributed by atoms with Gasteiger partial charge in [-0.2, -0.15) is 16.9 Å². The molecule has 1 aromatic carbocycles. The summed E-state index contributed by atoms with van der Waals surface area (Å²) in [5, 5.41) is 7.50. The molecule has 0 aromatic heterocycles. The van der Waals surface area contributed by atoms with E-state index >= 15 is 0 Å². The van der Waals surface area contributed by atoms with Gasteiger partial charge in [0.15, 0.2) is 0 Å². The second-order valence-electron chi connectivity index (χ2n) is 5.68. The lowest BCUT2D eigenvalue weighted by Gasteiger charge is -2.21. The van der Waals surface area contributed by atoms with E-state index in [1.54, 1.807) is 0 Å². The van der Waals surface area contributed by atoms with Crippen molar-refractivity contribution in [3.8, 4) is 0 Å². The number of carbonyl (C=O) groups is 1. The molecule has 6 heteroatoms. The van der Waals surface area contributed by atoms with E-state index in [0.717, 1.165) is 30.1 Å². The van der Waals surface area contributed by atoms with Crippen LogP contribution in [-0.4, -0.2) is 36.3 Å². The molecule has 2 heterocycles. The summed E-state index contributed by atoms with van der Waals surface area (Å²) < 4.78 is 0. The molecule has 0 bridgehead atoms. The Morgan fingerprint density at radius 1 is 1.59 bits per heavy atom. The number of fused-ring (bicyclic) bond motifs is 1. The van der Waals surface area contributed by atoms with E-state index in [2.05, 4.69) is 34.6 Å². The first-order valence-corrected chi connectivity index (χ1v) is 8.93. The minimum atomic E-state index is -0.158. The van der Waals surface area contributed by atoms with Crippen LogP contribution < -0.4 is 15.6 Å². The minimum absolute atomic E-state index is 0.158. The van der Waals surface area contributed by atoms with Crippen LogP contribution in [0.3, 0.4) is 0 Å². The minimum Gasteiger partial charge on any atom is -0.364 e. The van der Waals surface area contributed by atoms with Crippen molar-refractivity contribution in [2.45, 2.75) is 26.4 Å². The summed E-state index contributed by atoms with van der Waals surface area (Å²) in [5.41, 5.74) is 5.43. The highest BCUT2D eigenvalue weighted by atomic mass is 32.2. The van der Waals surface area contributed by atoms with Crippen molar-refractivity contribution >= 4 is 35.3 Å². The van der Waals surface area contributed by atoms with E-state index in [1.165, 1.54) is 5.75 Å². The molecule has 1 aromatic rings. The normalized spacial score (nSPS) is 23.6. The summed E-state index contributed by atoms with van der Waals surface area (Å²) in [7, 11) is 0. The number of hydrogen-bond donors (Lipinski definition) is 2. The van der Waals surface area contributed by atoms with Crippen LogP contribution in [0.25, 0.3) is 0 Å². The van der Waals surface area contributed by atoms with Gasteiger partial charge in [-0.15, -0.1) is 0 Å². The molecule has 0 saturated carbocycles. The smallest absolute Gasteiger partial charge is 0.271 e. The van der Waals surface area contributed by atoms with Gasteiger partial charge in [-0.3, -0.25) is 4.79 Å². The molecule has 1 fully saturated rings. The molecule has 2 aliphatic heterocycles. The number of nitrogens with one attached hydrogen (secondary N) is 2. The fourth-order valence-electron chi connectivity index (χ4n) is 2.94. The first kappa shape index (κ1) is 15.2. The fourth-order valence-corrected chi connectivity index (χ4v) is 4.13. The van der Waals surface area contributed by atoms with E-state index in [4.69, 9.17) is 0 Å². The molecule has 0 spiro atoms. The molecule has 2 atom stereocenters. The lowest BCUT2D eigenvalue weighted by atomic mass is 10.1. The highest BCUT2D eigenvalue weighted by Crippen LogP contribution is 2.34. The molecule has 1 amide bonds. The van der Waals surface area contributed by atoms with Crippen molar-refractivity contribution in [2.24, 2.45) is 11.0 Å². The molecule has 2 N–H and O–H groups in total. The molecule has 2 aliphatic rings. The van der Waals surface area contributed by atoms with Gasteiger partial charge in [0.1, 0.15) is 0 Å². The van der Waals surface area contributed by atoms with E-state index < -0.39 is 0 Å². The average Bonchev–Trinajstić information content (AvgIpc) is 3.12. The monoisotopic (exact) mass is 318 g/mol. The van der Waals surface area contributed by atoms with E-state index in [0.29, 0.717) is 11.5 Å². The van der Waals surface area contributed by atoms with Crippen LogP contribution in [0.5, 0.6) is 0 Å². The van der Waals surface area contributed by atoms with Gasteiger partial charge in [0.05, 0.1) is 17.5 Å². The Balaban J connectivity index is 1.65. The summed E-state index contributed by atoms with van der Waals surface area (Å²) in [6.07, 6.45) is 3.28. The molecule has 3 rings (SSSR count). The van der Waals surface area contributed by atoms with Gasteiger partial charge in [0, 0.05) is 30.0 Å². The van der Waals surface area contributed by atoms with Gasteiger partial charge in [0.2, 0.25) is 0 Å². The predicted molar refractivity (Wildman–Crippen MR) is 93.9 cm³/mol. The van der Waals surface area contributed by atoms with Gasteiger partial charge in [-0.05, 0) is 44.2 Å². The topological polar surface area (TPSA) is 56.7 Å². The van der Waals surface area contributed by atoms with Crippen LogP contribution in [0.4, 0.5) is 11.4 Å². The van der Waals surface area contributed by atoms with Gasteiger partial charge in [-0.1, -0.05) is 0 Å². The van der Waals surface area contributed by atoms with Crippen molar-refractivity contribution in [3.05, 3.63) is 23.8 Å². The molecular formula is C16H22N4OS. The highest BCUT2D eigenvalue weighted by Gasteiger charge is 2.24. The number of amides is 1. The molecule has 22 heavy (non-hydrogen) atoms. The zero-order valence-corrected chi connectivity index (χ0v) is 13.8. The van der Waals surface area contributed by atoms with Gasteiger partial charge >= 0.3 is 0 Å². The Morgan fingerprint density at radius 3 is 3.18 bits per heavy atom. The van der Waals surface area contributed by atoms with Crippen molar-refractivity contribution in [3.63, 3.8) is 0 Å². The molecular weight excluding hydrogens is 296 g/mol. The number of nitrogens with zero attached hydrogens (tertiary/aromatic N) is 2. The Hall–Kier alpha value is -1.69. The van der Waals surface area contributed by atoms with E-state index in [-0.39, 0.29) is 12.1 Å².